The third-order valence-corrected chi connectivity index (χ3v) is 5.37. The van der Waals surface area contributed by atoms with Crippen molar-refractivity contribution in [2.75, 3.05) is 0 Å². The van der Waals surface area contributed by atoms with Crippen LogP contribution in [0, 0.1) is 5.92 Å². The van der Waals surface area contributed by atoms with Gasteiger partial charge in [-0.05, 0) is 6.92 Å². The summed E-state index contributed by atoms with van der Waals surface area (Å²) in [4.78, 5) is 23.9. The third-order valence-electron chi connectivity index (χ3n) is 3.60. The molecule has 0 saturated carbocycles. The Morgan fingerprint density at radius 2 is 2.33 bits per heavy atom. The number of thioether (sulfide) groups is 1. The molecule has 1 aromatic heterocycles. The molecule has 7 nitrogen and oxygen atoms in total. The van der Waals surface area contributed by atoms with Gasteiger partial charge < -0.3 is 10.0 Å². The number of nitrogens with zero attached hydrogens (tertiary/aromatic N) is 4. The second kappa shape index (κ2) is 3.47. The molecule has 3 heterocycles. The summed E-state index contributed by atoms with van der Waals surface area (Å²) >= 11 is 1.45. The standard InChI is InChI=1S/C10H12N4O3S/c1-5-7(15)14-6(9(16)17)10(2,18-8(5)14)13-4-3-11-12-13/h3-6,8H,1-2H3,(H,16,17)/t5?,6-,8-,10+/m0/s1. The van der Waals surface area contributed by atoms with E-state index in [-0.39, 0.29) is 17.2 Å². The minimum atomic E-state index is -1.01. The molecule has 2 fully saturated rings. The first kappa shape index (κ1) is 11.5. The van der Waals surface area contributed by atoms with E-state index in [9.17, 15) is 14.7 Å². The van der Waals surface area contributed by atoms with Crippen molar-refractivity contribution in [2.24, 2.45) is 5.92 Å². The molecule has 0 bridgehead atoms. The normalized spacial score (nSPS) is 38.4. The van der Waals surface area contributed by atoms with Crippen LogP contribution in [0.1, 0.15) is 13.8 Å². The number of hydrogen-bond acceptors (Lipinski definition) is 5. The number of aromatic nitrogens is 3. The van der Waals surface area contributed by atoms with Gasteiger partial charge in [0.05, 0.1) is 17.5 Å². The minimum absolute atomic E-state index is 0.0900. The Hall–Kier alpha value is -1.57. The quantitative estimate of drug-likeness (QED) is 0.757. The van der Waals surface area contributed by atoms with Gasteiger partial charge in [-0.2, -0.15) is 0 Å². The van der Waals surface area contributed by atoms with Crippen molar-refractivity contribution < 1.29 is 14.7 Å². The fraction of sp³-hybridized carbons (Fsp3) is 0.600. The number of carbonyl (C=O) groups excluding carboxylic acids is 1. The van der Waals surface area contributed by atoms with E-state index in [1.807, 2.05) is 6.92 Å². The van der Waals surface area contributed by atoms with Gasteiger partial charge in [0, 0.05) is 6.20 Å². The minimum Gasteiger partial charge on any atom is -0.480 e. The first-order chi connectivity index (χ1) is 8.47. The van der Waals surface area contributed by atoms with Crippen molar-refractivity contribution in [2.45, 2.75) is 30.1 Å². The Bertz CT molecular complexity index is 519. The van der Waals surface area contributed by atoms with Crippen LogP contribution in [-0.4, -0.2) is 48.3 Å². The molecule has 18 heavy (non-hydrogen) atoms. The average molecular weight is 268 g/mol. The second-order valence-corrected chi connectivity index (χ2v) is 6.23. The molecule has 8 heteroatoms. The van der Waals surface area contributed by atoms with Crippen LogP contribution in [0.25, 0.3) is 0 Å². The van der Waals surface area contributed by atoms with Crippen molar-refractivity contribution in [1.29, 1.82) is 0 Å². The van der Waals surface area contributed by atoms with Crippen LogP contribution in [0.5, 0.6) is 0 Å². The zero-order valence-corrected chi connectivity index (χ0v) is 10.7. The van der Waals surface area contributed by atoms with E-state index in [0.717, 1.165) is 0 Å². The highest BCUT2D eigenvalue weighted by molar-refractivity contribution is 8.01. The van der Waals surface area contributed by atoms with Crippen molar-refractivity contribution in [3.05, 3.63) is 12.4 Å². The summed E-state index contributed by atoms with van der Waals surface area (Å²) in [5.41, 5.74) is 0. The van der Waals surface area contributed by atoms with Crippen LogP contribution >= 0.6 is 11.8 Å². The number of aliphatic carboxylic acids is 1. The maximum Gasteiger partial charge on any atom is 0.329 e. The number of fused-ring (bicyclic) bond motifs is 1. The molecule has 3 rings (SSSR count). The Morgan fingerprint density at radius 1 is 1.61 bits per heavy atom. The molecule has 4 atom stereocenters. The van der Waals surface area contributed by atoms with Crippen molar-refractivity contribution in [3.8, 4) is 0 Å². The lowest BCUT2D eigenvalue weighted by Gasteiger charge is -2.41. The summed E-state index contributed by atoms with van der Waals surface area (Å²) in [7, 11) is 0. The van der Waals surface area contributed by atoms with Crippen LogP contribution in [0.15, 0.2) is 12.4 Å². The number of rotatable bonds is 2. The van der Waals surface area contributed by atoms with Gasteiger partial charge in [0.1, 0.15) is 4.87 Å². The summed E-state index contributed by atoms with van der Waals surface area (Å²) in [6.45, 7) is 3.60. The maximum absolute atomic E-state index is 11.8. The van der Waals surface area contributed by atoms with Crippen LogP contribution in [-0.2, 0) is 14.5 Å². The zero-order valence-electron chi connectivity index (χ0n) is 9.85. The SMILES string of the molecule is CC1C(=O)N2[C@@H](C(=O)O)[C@](C)(n3ccnn3)S[C@@H]12. The Kier molecular flexibility index (Phi) is 2.22. The number of β-lactam (4-membered cyclic amide) rings is 1. The molecule has 0 aliphatic carbocycles. The van der Waals surface area contributed by atoms with Crippen LogP contribution < -0.4 is 0 Å². The monoisotopic (exact) mass is 268 g/mol. The fourth-order valence-corrected chi connectivity index (χ4v) is 4.31. The first-order valence-electron chi connectivity index (χ1n) is 5.56. The zero-order chi connectivity index (χ0) is 13.1. The number of carbonyl (C=O) groups is 2. The molecule has 96 valence electrons. The molecular weight excluding hydrogens is 256 g/mol. The summed E-state index contributed by atoms with van der Waals surface area (Å²) in [6.07, 6.45) is 3.13. The van der Waals surface area contributed by atoms with E-state index in [1.54, 1.807) is 13.1 Å². The summed E-state index contributed by atoms with van der Waals surface area (Å²) in [5.74, 6) is -1.26. The van der Waals surface area contributed by atoms with Gasteiger partial charge in [-0.1, -0.05) is 12.1 Å². The molecule has 1 amide bonds. The number of hydrogen-bond donors (Lipinski definition) is 1. The van der Waals surface area contributed by atoms with E-state index >= 15 is 0 Å². The van der Waals surface area contributed by atoms with Crippen LogP contribution in [0.3, 0.4) is 0 Å². The third kappa shape index (κ3) is 1.21. The van der Waals surface area contributed by atoms with Gasteiger partial charge in [0.15, 0.2) is 6.04 Å². The van der Waals surface area contributed by atoms with E-state index in [1.165, 1.54) is 27.5 Å². The van der Waals surface area contributed by atoms with Gasteiger partial charge in [-0.25, -0.2) is 9.48 Å². The lowest BCUT2D eigenvalue weighted by atomic mass is 9.95. The highest BCUT2D eigenvalue weighted by atomic mass is 32.2. The van der Waals surface area contributed by atoms with E-state index in [4.69, 9.17) is 0 Å². The summed E-state index contributed by atoms with van der Waals surface area (Å²) in [5, 5.41) is 16.9. The predicted molar refractivity (Wildman–Crippen MR) is 62.5 cm³/mol. The van der Waals surface area contributed by atoms with Crippen LogP contribution in [0.2, 0.25) is 0 Å². The number of carboxylic acid groups (broad SMARTS) is 1. The molecule has 0 radical (unpaired) electrons. The van der Waals surface area contributed by atoms with E-state index in [2.05, 4.69) is 10.3 Å². The molecule has 2 aliphatic heterocycles. The molecule has 0 spiro atoms. The van der Waals surface area contributed by atoms with Gasteiger partial charge in [-0.3, -0.25) is 4.79 Å². The highest BCUT2D eigenvalue weighted by Crippen LogP contribution is 2.55. The van der Waals surface area contributed by atoms with E-state index < -0.39 is 16.9 Å². The largest absolute Gasteiger partial charge is 0.480 e. The Morgan fingerprint density at radius 3 is 2.89 bits per heavy atom. The van der Waals surface area contributed by atoms with Crippen molar-refractivity contribution in [3.63, 3.8) is 0 Å². The van der Waals surface area contributed by atoms with Gasteiger partial charge in [-0.15, -0.1) is 16.9 Å². The number of carboxylic acids is 1. The topological polar surface area (TPSA) is 88.3 Å². The van der Waals surface area contributed by atoms with E-state index in [0.29, 0.717) is 0 Å². The average Bonchev–Trinajstić information content (AvgIpc) is 2.93. The summed E-state index contributed by atoms with van der Waals surface area (Å²) in [6, 6.07) is -0.905. The summed E-state index contributed by atoms with van der Waals surface area (Å²) < 4.78 is 1.52. The Balaban J connectivity index is 2.05. The molecular formula is C10H12N4O3S. The van der Waals surface area contributed by atoms with Crippen molar-refractivity contribution >= 4 is 23.6 Å². The Labute approximate surface area is 107 Å². The molecule has 1 N–H and O–H groups in total. The lowest BCUT2D eigenvalue weighted by Crippen LogP contribution is -2.62. The molecule has 0 aromatic carbocycles. The van der Waals surface area contributed by atoms with Crippen molar-refractivity contribution in [1.82, 2.24) is 19.9 Å². The molecule has 1 unspecified atom stereocenters. The van der Waals surface area contributed by atoms with Crippen LogP contribution in [0.4, 0.5) is 0 Å². The van der Waals surface area contributed by atoms with Gasteiger partial charge >= 0.3 is 5.97 Å². The second-order valence-electron chi connectivity index (χ2n) is 4.69. The maximum atomic E-state index is 11.8. The van der Waals surface area contributed by atoms with Gasteiger partial charge in [0.2, 0.25) is 5.91 Å². The number of amides is 1. The molecule has 2 saturated heterocycles. The lowest BCUT2D eigenvalue weighted by molar-refractivity contribution is -0.163. The predicted octanol–water partition coefficient (Wildman–Crippen LogP) is -0.0448. The molecule has 1 aromatic rings. The highest BCUT2D eigenvalue weighted by Gasteiger charge is 2.65. The van der Waals surface area contributed by atoms with Gasteiger partial charge in [0.25, 0.3) is 0 Å². The first-order valence-corrected chi connectivity index (χ1v) is 6.44. The fourth-order valence-electron chi connectivity index (χ4n) is 2.61. The smallest absolute Gasteiger partial charge is 0.329 e. The molecule has 2 aliphatic rings.